The van der Waals surface area contributed by atoms with Gasteiger partial charge in [-0.3, -0.25) is 4.90 Å². The number of imidazole rings is 1. The van der Waals surface area contributed by atoms with E-state index >= 15 is 0 Å². The minimum absolute atomic E-state index is 0.583. The maximum atomic E-state index is 12.6. The molecule has 2 aromatic heterocycles. The highest BCUT2D eigenvalue weighted by molar-refractivity contribution is 5.43. The highest BCUT2D eigenvalue weighted by atomic mass is 19.1. The van der Waals surface area contributed by atoms with Crippen molar-refractivity contribution in [2.75, 3.05) is 26.2 Å². The lowest BCUT2D eigenvalue weighted by molar-refractivity contribution is 0.0612. The Bertz CT molecular complexity index is 522. The number of nitrogens with zero attached hydrogens (tertiary/aromatic N) is 3. The number of hydrogen-bond acceptors (Lipinski definition) is 3. The molecular formula is C13H16FN3O. The first kappa shape index (κ1) is 11.5. The quantitative estimate of drug-likeness (QED) is 0.756. The van der Waals surface area contributed by atoms with Crippen molar-refractivity contribution in [1.82, 2.24) is 14.3 Å². The van der Waals surface area contributed by atoms with Crippen molar-refractivity contribution in [3.05, 3.63) is 30.7 Å². The third-order valence-corrected chi connectivity index (χ3v) is 3.17. The summed E-state index contributed by atoms with van der Waals surface area (Å²) < 4.78 is 20.2. The molecule has 4 nitrogen and oxygen atoms in total. The molecule has 0 saturated carbocycles. The maximum Gasteiger partial charge on any atom is 0.140 e. The third kappa shape index (κ3) is 2.46. The molecule has 3 rings (SSSR count). The number of likely N-dealkylation sites (tertiary alicyclic amines) is 1. The summed E-state index contributed by atoms with van der Waals surface area (Å²) in [5.74, 6) is 0.834. The highest BCUT2D eigenvalue weighted by Gasteiger charge is 2.24. The van der Waals surface area contributed by atoms with Gasteiger partial charge in [-0.15, -0.1) is 0 Å². The Labute approximate surface area is 105 Å². The van der Waals surface area contributed by atoms with Crippen LogP contribution in [0.2, 0.25) is 0 Å². The van der Waals surface area contributed by atoms with Gasteiger partial charge in [0.15, 0.2) is 0 Å². The van der Waals surface area contributed by atoms with Crippen LogP contribution >= 0.6 is 0 Å². The molecular weight excluding hydrogens is 233 g/mol. The van der Waals surface area contributed by atoms with Crippen molar-refractivity contribution >= 4 is 5.65 Å². The molecule has 1 aliphatic heterocycles. The van der Waals surface area contributed by atoms with Crippen molar-refractivity contribution in [2.45, 2.75) is 12.6 Å². The lowest BCUT2D eigenvalue weighted by Crippen LogP contribution is -2.48. The average Bonchev–Trinajstić information content (AvgIpc) is 2.79. The Morgan fingerprint density at radius 1 is 1.39 bits per heavy atom. The molecule has 0 spiro atoms. The molecule has 0 bridgehead atoms. The minimum Gasteiger partial charge on any atom is -0.493 e. The van der Waals surface area contributed by atoms with Crippen LogP contribution in [0.1, 0.15) is 6.42 Å². The third-order valence-electron chi connectivity index (χ3n) is 3.17. The molecule has 0 atom stereocenters. The first-order valence-corrected chi connectivity index (χ1v) is 6.23. The monoisotopic (exact) mass is 249 g/mol. The number of aromatic nitrogens is 2. The predicted molar refractivity (Wildman–Crippen MR) is 66.6 cm³/mol. The topological polar surface area (TPSA) is 29.8 Å². The lowest BCUT2D eigenvalue weighted by atomic mass is 10.2. The van der Waals surface area contributed by atoms with Crippen LogP contribution in [0.15, 0.2) is 30.7 Å². The predicted octanol–water partition coefficient (Wildman–Crippen LogP) is 1.76. The molecule has 0 amide bonds. The molecule has 1 saturated heterocycles. The number of halogens is 1. The summed E-state index contributed by atoms with van der Waals surface area (Å²) in [5, 5.41) is 0. The number of hydrogen-bond donors (Lipinski definition) is 0. The van der Waals surface area contributed by atoms with Gasteiger partial charge in [0.2, 0.25) is 0 Å². The summed E-state index contributed by atoms with van der Waals surface area (Å²) in [6.07, 6.45) is 5.90. The molecule has 0 unspecified atom stereocenters. The second kappa shape index (κ2) is 4.94. The summed E-state index contributed by atoms with van der Waals surface area (Å²) in [4.78, 5) is 6.30. The molecule has 0 aliphatic carbocycles. The summed E-state index contributed by atoms with van der Waals surface area (Å²) in [6.45, 7) is 2.73. The first-order valence-electron chi connectivity index (χ1n) is 6.23. The molecule has 0 radical (unpaired) electrons. The van der Waals surface area contributed by atoms with Gasteiger partial charge in [0.05, 0.1) is 6.61 Å². The number of alkyl halides is 1. The maximum absolute atomic E-state index is 12.6. The van der Waals surface area contributed by atoms with Crippen molar-refractivity contribution in [3.63, 3.8) is 0 Å². The molecule has 1 aliphatic rings. The van der Waals surface area contributed by atoms with Gasteiger partial charge in [0.1, 0.15) is 17.6 Å². The SMILES string of the molecule is FC1CN(CCCOc2ccn3ccnc3c2)C1. The average molecular weight is 249 g/mol. The van der Waals surface area contributed by atoms with Gasteiger partial charge in [0, 0.05) is 44.3 Å². The zero-order chi connectivity index (χ0) is 12.4. The number of fused-ring (bicyclic) bond motifs is 1. The van der Waals surface area contributed by atoms with E-state index in [9.17, 15) is 4.39 Å². The van der Waals surface area contributed by atoms with Crippen LogP contribution in [-0.4, -0.2) is 46.7 Å². The Balaban J connectivity index is 1.44. The Kier molecular flexibility index (Phi) is 3.15. The molecule has 5 heteroatoms. The van der Waals surface area contributed by atoms with E-state index in [1.54, 1.807) is 6.20 Å². The minimum atomic E-state index is -0.617. The summed E-state index contributed by atoms with van der Waals surface area (Å²) in [5.41, 5.74) is 0.885. The molecule has 2 aromatic rings. The standard InChI is InChI=1S/C13H16FN3O/c14-11-9-16(10-11)4-1-7-18-12-2-5-17-6-3-15-13(17)8-12/h2-3,5-6,8,11H,1,4,7,9-10H2. The van der Waals surface area contributed by atoms with E-state index in [0.29, 0.717) is 19.7 Å². The second-order valence-electron chi connectivity index (χ2n) is 4.61. The van der Waals surface area contributed by atoms with Crippen LogP contribution < -0.4 is 4.74 Å². The molecule has 0 aromatic carbocycles. The van der Waals surface area contributed by atoms with Crippen LogP contribution in [0.25, 0.3) is 5.65 Å². The number of rotatable bonds is 5. The number of ether oxygens (including phenoxy) is 1. The van der Waals surface area contributed by atoms with Gasteiger partial charge >= 0.3 is 0 Å². The second-order valence-corrected chi connectivity index (χ2v) is 4.61. The zero-order valence-electron chi connectivity index (χ0n) is 10.1. The first-order chi connectivity index (χ1) is 8.81. The van der Waals surface area contributed by atoms with Crippen LogP contribution in [-0.2, 0) is 0 Å². The van der Waals surface area contributed by atoms with Crippen molar-refractivity contribution in [1.29, 1.82) is 0 Å². The van der Waals surface area contributed by atoms with E-state index in [1.807, 2.05) is 28.9 Å². The van der Waals surface area contributed by atoms with Crippen molar-refractivity contribution in [2.24, 2.45) is 0 Å². The summed E-state index contributed by atoms with van der Waals surface area (Å²) >= 11 is 0. The van der Waals surface area contributed by atoms with Gasteiger partial charge in [-0.05, 0) is 12.5 Å². The van der Waals surface area contributed by atoms with Crippen LogP contribution in [0.4, 0.5) is 4.39 Å². The van der Waals surface area contributed by atoms with E-state index in [2.05, 4.69) is 9.88 Å². The zero-order valence-corrected chi connectivity index (χ0v) is 10.1. The molecule has 18 heavy (non-hydrogen) atoms. The van der Waals surface area contributed by atoms with Gasteiger partial charge in [-0.25, -0.2) is 9.37 Å². The smallest absolute Gasteiger partial charge is 0.140 e. The normalized spacial score (nSPS) is 16.9. The van der Waals surface area contributed by atoms with Gasteiger partial charge < -0.3 is 9.14 Å². The van der Waals surface area contributed by atoms with Gasteiger partial charge in [-0.1, -0.05) is 0 Å². The summed E-state index contributed by atoms with van der Waals surface area (Å²) in [6, 6.07) is 3.84. The fourth-order valence-electron chi connectivity index (χ4n) is 2.15. The highest BCUT2D eigenvalue weighted by Crippen LogP contribution is 2.14. The lowest BCUT2D eigenvalue weighted by Gasteiger charge is -2.34. The fourth-order valence-corrected chi connectivity index (χ4v) is 2.15. The van der Waals surface area contributed by atoms with Crippen LogP contribution in [0, 0.1) is 0 Å². The number of pyridine rings is 1. The molecule has 3 heterocycles. The molecule has 0 N–H and O–H groups in total. The van der Waals surface area contributed by atoms with E-state index in [-0.39, 0.29) is 0 Å². The van der Waals surface area contributed by atoms with Crippen molar-refractivity contribution in [3.8, 4) is 5.75 Å². The molecule has 1 fully saturated rings. The Morgan fingerprint density at radius 3 is 3.11 bits per heavy atom. The van der Waals surface area contributed by atoms with E-state index in [1.165, 1.54) is 0 Å². The summed E-state index contributed by atoms with van der Waals surface area (Å²) in [7, 11) is 0. The van der Waals surface area contributed by atoms with Crippen molar-refractivity contribution < 1.29 is 9.13 Å². The van der Waals surface area contributed by atoms with E-state index in [0.717, 1.165) is 24.4 Å². The van der Waals surface area contributed by atoms with Crippen LogP contribution in [0.3, 0.4) is 0 Å². The van der Waals surface area contributed by atoms with E-state index < -0.39 is 6.17 Å². The van der Waals surface area contributed by atoms with Gasteiger partial charge in [-0.2, -0.15) is 0 Å². The largest absolute Gasteiger partial charge is 0.493 e. The Hall–Kier alpha value is -1.62. The van der Waals surface area contributed by atoms with Gasteiger partial charge in [0.25, 0.3) is 0 Å². The fraction of sp³-hybridized carbons (Fsp3) is 0.462. The Morgan fingerprint density at radius 2 is 2.28 bits per heavy atom. The van der Waals surface area contributed by atoms with E-state index in [4.69, 9.17) is 4.74 Å². The van der Waals surface area contributed by atoms with Crippen LogP contribution in [0.5, 0.6) is 5.75 Å². The molecule has 96 valence electrons.